The molecule has 2 amide bonds. The van der Waals surface area contributed by atoms with Crippen molar-refractivity contribution in [1.82, 2.24) is 10.6 Å². The lowest BCUT2D eigenvalue weighted by Gasteiger charge is -2.37. The predicted molar refractivity (Wildman–Crippen MR) is 109 cm³/mol. The number of hydrogen-bond donors (Lipinski definition) is 3. The summed E-state index contributed by atoms with van der Waals surface area (Å²) < 4.78 is 58.7. The lowest BCUT2D eigenvalue weighted by atomic mass is 9.74. The zero-order valence-corrected chi connectivity index (χ0v) is 18.2. The quantitative estimate of drug-likeness (QED) is 0.545. The second kappa shape index (κ2) is 7.78. The molecular formula is C22H25ClF4N2O3. The van der Waals surface area contributed by atoms with Crippen molar-refractivity contribution in [2.75, 3.05) is 0 Å². The maximum Gasteiger partial charge on any atom is 0.268 e. The van der Waals surface area contributed by atoms with E-state index in [4.69, 9.17) is 11.6 Å². The summed E-state index contributed by atoms with van der Waals surface area (Å²) in [6.07, 6.45) is 0.369. The summed E-state index contributed by atoms with van der Waals surface area (Å²) in [6, 6.07) is -0.347. The Morgan fingerprint density at radius 1 is 1.19 bits per heavy atom. The molecule has 0 saturated heterocycles. The summed E-state index contributed by atoms with van der Waals surface area (Å²) in [5, 5.41) is 14.5. The van der Waals surface area contributed by atoms with Gasteiger partial charge in [0, 0.05) is 30.9 Å². The van der Waals surface area contributed by atoms with E-state index in [2.05, 4.69) is 10.6 Å². The molecule has 1 aromatic rings. The molecule has 3 aliphatic carbocycles. The minimum absolute atomic E-state index is 0.0855. The Morgan fingerprint density at radius 3 is 2.41 bits per heavy atom. The van der Waals surface area contributed by atoms with Gasteiger partial charge in [-0.25, -0.2) is 17.6 Å². The van der Waals surface area contributed by atoms with Crippen LogP contribution >= 0.6 is 11.6 Å². The lowest BCUT2D eigenvalue weighted by molar-refractivity contribution is -0.127. The molecule has 3 N–H and O–H groups in total. The van der Waals surface area contributed by atoms with Crippen LogP contribution in [-0.4, -0.2) is 34.6 Å². The van der Waals surface area contributed by atoms with Crippen molar-refractivity contribution in [3.8, 4) is 5.75 Å². The summed E-state index contributed by atoms with van der Waals surface area (Å²) in [5.41, 5.74) is -2.30. The second-order valence-corrected chi connectivity index (χ2v) is 10.0. The van der Waals surface area contributed by atoms with Crippen LogP contribution in [0.4, 0.5) is 17.6 Å². The standard InChI is InChI=1S/C22H25ClF4N2O3/c1-11(30)28-16-6-12(9-22(16,26)27)19(32)29-18(14-7-13(31)8-15(23)17(14)24)20-2-4-21(25,10-20)5-3-20/h7-8,12,16,18,31H,2-6,9-10H2,1H3,(H,28,30)(H,29,32)/t12-,16-,18-,20?,21?/m1/s1. The Bertz CT molecular complexity index is 949. The first kappa shape index (κ1) is 23.1. The van der Waals surface area contributed by atoms with Crippen LogP contribution in [-0.2, 0) is 9.59 Å². The maximum absolute atomic E-state index is 15.0. The van der Waals surface area contributed by atoms with Gasteiger partial charge in [0.15, 0.2) is 0 Å². The normalized spacial score (nSPS) is 33.8. The number of alkyl halides is 3. The van der Waals surface area contributed by atoms with Crippen molar-refractivity contribution in [3.63, 3.8) is 0 Å². The number of carbonyl (C=O) groups is 2. The maximum atomic E-state index is 15.0. The van der Waals surface area contributed by atoms with Crippen LogP contribution in [0.3, 0.4) is 0 Å². The fourth-order valence-electron chi connectivity index (χ4n) is 5.82. The van der Waals surface area contributed by atoms with E-state index in [0.29, 0.717) is 12.8 Å². The van der Waals surface area contributed by atoms with E-state index in [1.54, 1.807) is 0 Å². The highest BCUT2D eigenvalue weighted by atomic mass is 35.5. The molecule has 176 valence electrons. The van der Waals surface area contributed by atoms with Crippen LogP contribution in [0.25, 0.3) is 0 Å². The van der Waals surface area contributed by atoms with Crippen molar-refractivity contribution in [3.05, 3.63) is 28.5 Å². The van der Waals surface area contributed by atoms with E-state index in [0.717, 1.165) is 19.1 Å². The molecule has 3 atom stereocenters. The summed E-state index contributed by atoms with van der Waals surface area (Å²) >= 11 is 5.90. The number of halogens is 5. The van der Waals surface area contributed by atoms with Gasteiger partial charge in [-0.3, -0.25) is 9.59 Å². The van der Waals surface area contributed by atoms with Gasteiger partial charge in [-0.15, -0.1) is 0 Å². The summed E-state index contributed by atoms with van der Waals surface area (Å²) in [6.45, 7) is 1.12. The number of hydrogen-bond acceptors (Lipinski definition) is 3. The molecule has 0 heterocycles. The zero-order chi connectivity index (χ0) is 23.5. The van der Waals surface area contributed by atoms with Crippen LogP contribution in [0.1, 0.15) is 63.5 Å². The minimum Gasteiger partial charge on any atom is -0.508 e. The molecule has 0 aliphatic heterocycles. The highest BCUT2D eigenvalue weighted by Crippen LogP contribution is 2.63. The summed E-state index contributed by atoms with van der Waals surface area (Å²) in [7, 11) is 0. The molecule has 3 aliphatic rings. The smallest absolute Gasteiger partial charge is 0.268 e. The molecule has 4 rings (SSSR count). The van der Waals surface area contributed by atoms with Crippen LogP contribution in [0.5, 0.6) is 5.75 Å². The molecule has 5 nitrogen and oxygen atoms in total. The minimum atomic E-state index is -3.27. The number of phenolic OH excluding ortho intramolecular Hbond substituents is 1. The van der Waals surface area contributed by atoms with Gasteiger partial charge < -0.3 is 15.7 Å². The number of nitrogens with one attached hydrogen (secondary N) is 2. The van der Waals surface area contributed by atoms with Gasteiger partial charge in [0.2, 0.25) is 11.8 Å². The summed E-state index contributed by atoms with van der Waals surface area (Å²) in [4.78, 5) is 24.3. The average Bonchev–Trinajstić information content (AvgIpc) is 3.31. The van der Waals surface area contributed by atoms with Crippen LogP contribution < -0.4 is 10.6 Å². The van der Waals surface area contributed by atoms with Gasteiger partial charge in [0.25, 0.3) is 5.92 Å². The van der Waals surface area contributed by atoms with E-state index in [9.17, 15) is 27.9 Å². The number of amides is 2. The lowest BCUT2D eigenvalue weighted by Crippen LogP contribution is -2.43. The van der Waals surface area contributed by atoms with Gasteiger partial charge in [0.1, 0.15) is 17.2 Å². The van der Waals surface area contributed by atoms with Gasteiger partial charge in [-0.1, -0.05) is 11.6 Å². The number of fused-ring (bicyclic) bond motifs is 2. The SMILES string of the molecule is CC(=O)N[C@@H]1C[C@@H](C(=O)N[C@H](c2cc(O)cc(Cl)c2F)C23CCC(F)(CC2)C3)CC1(F)F. The number of aromatic hydroxyl groups is 1. The second-order valence-electron chi connectivity index (χ2n) is 9.61. The third kappa shape index (κ3) is 4.04. The summed E-state index contributed by atoms with van der Waals surface area (Å²) in [5.74, 6) is -6.90. The molecule has 1 aromatic carbocycles. The van der Waals surface area contributed by atoms with E-state index in [1.165, 1.54) is 0 Å². The molecule has 2 bridgehead atoms. The van der Waals surface area contributed by atoms with Crippen molar-refractivity contribution in [2.24, 2.45) is 11.3 Å². The molecule has 0 aromatic heterocycles. The Kier molecular flexibility index (Phi) is 5.63. The Labute approximate surface area is 187 Å². The molecule has 0 radical (unpaired) electrons. The molecular weight excluding hydrogens is 452 g/mol. The Balaban J connectivity index is 1.64. The zero-order valence-electron chi connectivity index (χ0n) is 17.5. The average molecular weight is 477 g/mol. The first-order valence-corrected chi connectivity index (χ1v) is 11.0. The van der Waals surface area contributed by atoms with Crippen molar-refractivity contribution < 1.29 is 32.3 Å². The molecule has 10 heteroatoms. The third-order valence-corrected chi connectivity index (χ3v) is 7.63. The number of benzene rings is 1. The van der Waals surface area contributed by atoms with Gasteiger partial charge in [-0.2, -0.15) is 0 Å². The van der Waals surface area contributed by atoms with Crippen molar-refractivity contribution in [1.29, 1.82) is 0 Å². The van der Waals surface area contributed by atoms with E-state index >= 15 is 4.39 Å². The van der Waals surface area contributed by atoms with E-state index in [1.807, 2.05) is 0 Å². The van der Waals surface area contributed by atoms with E-state index in [-0.39, 0.29) is 42.0 Å². The van der Waals surface area contributed by atoms with Crippen molar-refractivity contribution >= 4 is 23.4 Å². The largest absolute Gasteiger partial charge is 0.508 e. The molecule has 3 saturated carbocycles. The fraction of sp³-hybridized carbons (Fsp3) is 0.636. The molecule has 32 heavy (non-hydrogen) atoms. The fourth-order valence-corrected chi connectivity index (χ4v) is 6.04. The monoisotopic (exact) mass is 476 g/mol. The molecule has 0 unspecified atom stereocenters. The highest BCUT2D eigenvalue weighted by Gasteiger charge is 2.60. The predicted octanol–water partition coefficient (Wildman–Crippen LogP) is 4.56. The van der Waals surface area contributed by atoms with E-state index < -0.39 is 59.1 Å². The molecule has 0 spiro atoms. The topological polar surface area (TPSA) is 78.4 Å². The number of carbonyl (C=O) groups excluding carboxylic acids is 2. The first-order chi connectivity index (χ1) is 14.8. The van der Waals surface area contributed by atoms with Gasteiger partial charge in [0.05, 0.1) is 17.1 Å². The Morgan fingerprint density at radius 2 is 1.84 bits per heavy atom. The third-order valence-electron chi connectivity index (χ3n) is 7.36. The first-order valence-electron chi connectivity index (χ1n) is 10.7. The van der Waals surface area contributed by atoms with Gasteiger partial charge in [-0.05, 0) is 50.0 Å². The van der Waals surface area contributed by atoms with Crippen LogP contribution in [0.15, 0.2) is 12.1 Å². The highest BCUT2D eigenvalue weighted by molar-refractivity contribution is 6.31. The number of phenols is 1. The number of rotatable bonds is 5. The Hall–Kier alpha value is -2.03. The van der Waals surface area contributed by atoms with Crippen LogP contribution in [0, 0.1) is 17.2 Å². The molecule has 3 fully saturated rings. The van der Waals surface area contributed by atoms with Gasteiger partial charge >= 0.3 is 0 Å². The van der Waals surface area contributed by atoms with Crippen LogP contribution in [0.2, 0.25) is 5.02 Å². The van der Waals surface area contributed by atoms with Crippen molar-refractivity contribution in [2.45, 2.75) is 75.5 Å².